The minimum atomic E-state index is -0.918. The molecule has 0 fully saturated rings. The Hall–Kier alpha value is -1.75. The molecule has 18 heavy (non-hydrogen) atoms. The second kappa shape index (κ2) is 4.86. The summed E-state index contributed by atoms with van der Waals surface area (Å²) < 4.78 is 10.8. The van der Waals surface area contributed by atoms with Gasteiger partial charge in [-0.15, -0.1) is 0 Å². The maximum absolute atomic E-state index is 11.3. The van der Waals surface area contributed by atoms with Crippen molar-refractivity contribution >= 4 is 5.97 Å². The van der Waals surface area contributed by atoms with E-state index < -0.39 is 11.9 Å². The van der Waals surface area contributed by atoms with Crippen LogP contribution in [0.5, 0.6) is 11.5 Å². The van der Waals surface area contributed by atoms with E-state index in [1.54, 1.807) is 12.1 Å². The van der Waals surface area contributed by atoms with Gasteiger partial charge in [0.05, 0.1) is 5.92 Å². The van der Waals surface area contributed by atoms with Gasteiger partial charge in [0, 0.05) is 12.1 Å². The lowest BCUT2D eigenvalue weighted by molar-refractivity contribution is -0.138. The first kappa shape index (κ1) is 12.7. The lowest BCUT2D eigenvalue weighted by atomic mass is 9.88. The number of fused-ring (bicyclic) bond motifs is 1. The molecule has 1 aromatic carbocycles. The van der Waals surface area contributed by atoms with Gasteiger partial charge in [-0.05, 0) is 17.5 Å². The lowest BCUT2D eigenvalue weighted by Gasteiger charge is -2.19. The average molecular weight is 251 g/mol. The fourth-order valence-corrected chi connectivity index (χ4v) is 2.27. The summed E-state index contributed by atoms with van der Waals surface area (Å²) in [5.74, 6) is -0.161. The van der Waals surface area contributed by atoms with Crippen molar-refractivity contribution < 1.29 is 19.4 Å². The SMILES string of the molecule is CC(C)c1c(C(CN)C(=O)O)ccc2c1OCO2. The molecule has 0 saturated carbocycles. The topological polar surface area (TPSA) is 81.8 Å². The van der Waals surface area contributed by atoms with E-state index in [4.69, 9.17) is 15.2 Å². The van der Waals surface area contributed by atoms with Crippen molar-refractivity contribution in [1.29, 1.82) is 0 Å². The first-order chi connectivity index (χ1) is 8.56. The molecule has 3 N–H and O–H groups in total. The van der Waals surface area contributed by atoms with Gasteiger partial charge in [0.25, 0.3) is 0 Å². The van der Waals surface area contributed by atoms with Crippen LogP contribution in [-0.2, 0) is 4.79 Å². The zero-order valence-corrected chi connectivity index (χ0v) is 10.5. The van der Waals surface area contributed by atoms with Crippen LogP contribution in [0.25, 0.3) is 0 Å². The van der Waals surface area contributed by atoms with Gasteiger partial charge < -0.3 is 20.3 Å². The fourth-order valence-electron chi connectivity index (χ4n) is 2.27. The predicted molar refractivity (Wildman–Crippen MR) is 66.1 cm³/mol. The van der Waals surface area contributed by atoms with Crippen LogP contribution in [0.15, 0.2) is 12.1 Å². The van der Waals surface area contributed by atoms with Crippen LogP contribution in [0.3, 0.4) is 0 Å². The van der Waals surface area contributed by atoms with Gasteiger partial charge in [-0.25, -0.2) is 0 Å². The molecule has 98 valence electrons. The third-order valence-electron chi connectivity index (χ3n) is 3.10. The molecule has 1 aliphatic rings. The quantitative estimate of drug-likeness (QED) is 0.850. The molecule has 5 heteroatoms. The Morgan fingerprint density at radius 2 is 2.17 bits per heavy atom. The van der Waals surface area contributed by atoms with Crippen LogP contribution < -0.4 is 15.2 Å². The summed E-state index contributed by atoms with van der Waals surface area (Å²) >= 11 is 0. The summed E-state index contributed by atoms with van der Waals surface area (Å²) in [6.45, 7) is 4.24. The predicted octanol–water partition coefficient (Wildman–Crippen LogP) is 1.67. The fraction of sp³-hybridized carbons (Fsp3) is 0.462. The molecule has 1 heterocycles. The molecule has 1 atom stereocenters. The Kier molecular flexibility index (Phi) is 3.43. The van der Waals surface area contributed by atoms with Crippen LogP contribution in [-0.4, -0.2) is 24.4 Å². The van der Waals surface area contributed by atoms with Crippen LogP contribution in [0.4, 0.5) is 0 Å². The summed E-state index contributed by atoms with van der Waals surface area (Å²) in [7, 11) is 0. The molecule has 2 rings (SSSR count). The smallest absolute Gasteiger partial charge is 0.312 e. The summed E-state index contributed by atoms with van der Waals surface area (Å²) in [5, 5.41) is 9.23. The van der Waals surface area contributed by atoms with Gasteiger partial charge in [-0.1, -0.05) is 19.9 Å². The maximum Gasteiger partial charge on any atom is 0.312 e. The molecule has 1 aliphatic heterocycles. The molecular formula is C13H17NO4. The first-order valence-corrected chi connectivity index (χ1v) is 5.91. The molecule has 0 spiro atoms. The van der Waals surface area contributed by atoms with E-state index in [9.17, 15) is 9.90 Å². The minimum absolute atomic E-state index is 0.0642. The normalized spacial score (nSPS) is 14.9. The Morgan fingerprint density at radius 1 is 1.44 bits per heavy atom. The molecule has 1 aromatic rings. The highest BCUT2D eigenvalue weighted by Gasteiger charge is 2.28. The second-order valence-electron chi connectivity index (χ2n) is 4.58. The Labute approximate surface area is 106 Å². The number of carbonyl (C=O) groups is 1. The van der Waals surface area contributed by atoms with Gasteiger partial charge in [0.15, 0.2) is 11.5 Å². The van der Waals surface area contributed by atoms with Crippen molar-refractivity contribution in [2.45, 2.75) is 25.7 Å². The summed E-state index contributed by atoms with van der Waals surface area (Å²) in [6, 6.07) is 3.52. The van der Waals surface area contributed by atoms with Crippen molar-refractivity contribution in [3.63, 3.8) is 0 Å². The molecule has 5 nitrogen and oxygen atoms in total. The number of benzene rings is 1. The van der Waals surface area contributed by atoms with Crippen molar-refractivity contribution in [3.8, 4) is 11.5 Å². The summed E-state index contributed by atoms with van der Waals surface area (Å²) in [4.78, 5) is 11.3. The van der Waals surface area contributed by atoms with E-state index in [0.29, 0.717) is 17.1 Å². The molecule has 0 aromatic heterocycles. The van der Waals surface area contributed by atoms with Crippen LogP contribution in [0.2, 0.25) is 0 Å². The molecular weight excluding hydrogens is 234 g/mol. The van der Waals surface area contributed by atoms with Gasteiger partial charge in [-0.2, -0.15) is 0 Å². The van der Waals surface area contributed by atoms with Crippen molar-refractivity contribution in [2.24, 2.45) is 5.73 Å². The lowest BCUT2D eigenvalue weighted by Crippen LogP contribution is -2.22. The number of carboxylic acid groups (broad SMARTS) is 1. The molecule has 0 bridgehead atoms. The van der Waals surface area contributed by atoms with Gasteiger partial charge in [-0.3, -0.25) is 4.79 Å². The molecule has 0 saturated heterocycles. The first-order valence-electron chi connectivity index (χ1n) is 5.91. The van der Waals surface area contributed by atoms with Crippen molar-refractivity contribution in [2.75, 3.05) is 13.3 Å². The summed E-state index contributed by atoms with van der Waals surface area (Å²) in [6.07, 6.45) is 0. The zero-order chi connectivity index (χ0) is 13.3. The van der Waals surface area contributed by atoms with Gasteiger partial charge in [0.1, 0.15) is 0 Å². The van der Waals surface area contributed by atoms with Crippen LogP contribution in [0, 0.1) is 0 Å². The van der Waals surface area contributed by atoms with E-state index in [2.05, 4.69) is 0 Å². The molecule has 1 unspecified atom stereocenters. The third-order valence-corrected chi connectivity index (χ3v) is 3.10. The largest absolute Gasteiger partial charge is 0.481 e. The van der Waals surface area contributed by atoms with Crippen LogP contribution >= 0.6 is 0 Å². The summed E-state index contributed by atoms with van der Waals surface area (Å²) in [5.41, 5.74) is 7.16. The molecule has 0 radical (unpaired) electrons. The molecule has 0 aliphatic carbocycles. The molecule has 0 amide bonds. The van der Waals surface area contributed by atoms with E-state index >= 15 is 0 Å². The van der Waals surface area contributed by atoms with Crippen molar-refractivity contribution in [1.82, 2.24) is 0 Å². The Bertz CT molecular complexity index is 470. The monoisotopic (exact) mass is 251 g/mol. The maximum atomic E-state index is 11.3. The van der Waals surface area contributed by atoms with E-state index in [1.807, 2.05) is 13.8 Å². The minimum Gasteiger partial charge on any atom is -0.481 e. The number of aliphatic carboxylic acids is 1. The highest BCUT2D eigenvalue weighted by Crippen LogP contribution is 2.43. The third kappa shape index (κ3) is 2.01. The van der Waals surface area contributed by atoms with Crippen LogP contribution in [0.1, 0.15) is 36.8 Å². The van der Waals surface area contributed by atoms with E-state index in [0.717, 1.165) is 5.56 Å². The number of hydrogen-bond donors (Lipinski definition) is 2. The number of nitrogens with two attached hydrogens (primary N) is 1. The highest BCUT2D eigenvalue weighted by atomic mass is 16.7. The standard InChI is InChI=1S/C13H17NO4/c1-7(2)11-8(9(5-14)13(15)16)3-4-10-12(11)18-6-17-10/h3-4,7,9H,5-6,14H2,1-2H3,(H,15,16). The average Bonchev–Trinajstić information content (AvgIpc) is 2.76. The second-order valence-corrected chi connectivity index (χ2v) is 4.58. The van der Waals surface area contributed by atoms with Gasteiger partial charge in [0.2, 0.25) is 6.79 Å². The number of rotatable bonds is 4. The zero-order valence-electron chi connectivity index (χ0n) is 10.5. The highest BCUT2D eigenvalue weighted by molar-refractivity contribution is 5.78. The Balaban J connectivity index is 2.57. The van der Waals surface area contributed by atoms with E-state index in [1.165, 1.54) is 0 Å². The Morgan fingerprint density at radius 3 is 2.72 bits per heavy atom. The van der Waals surface area contributed by atoms with Gasteiger partial charge >= 0.3 is 5.97 Å². The number of hydrogen-bond acceptors (Lipinski definition) is 4. The number of carboxylic acids is 1. The van der Waals surface area contributed by atoms with Crippen molar-refractivity contribution in [3.05, 3.63) is 23.3 Å². The number of ether oxygens (including phenoxy) is 2. The van der Waals surface area contributed by atoms with E-state index in [-0.39, 0.29) is 19.3 Å².